The number of alkyl halides is 3. The van der Waals surface area contributed by atoms with Crippen LogP contribution < -0.4 is 0 Å². The van der Waals surface area contributed by atoms with Crippen LogP contribution in [-0.4, -0.2) is 0 Å². The Labute approximate surface area is 70.2 Å². The second-order valence-corrected chi connectivity index (χ2v) is 2.92. The van der Waals surface area contributed by atoms with Crippen LogP contribution in [0.5, 0.6) is 0 Å². The highest BCUT2D eigenvalue weighted by Crippen LogP contribution is 2.29. The van der Waals surface area contributed by atoms with Crippen LogP contribution in [0.15, 0.2) is 28.7 Å². The quantitative estimate of drug-likeness (QED) is 0.641. The highest BCUT2D eigenvalue weighted by Gasteiger charge is 2.29. The van der Waals surface area contributed by atoms with Crippen molar-refractivity contribution in [2.24, 2.45) is 0 Å². The van der Waals surface area contributed by atoms with E-state index in [1.807, 2.05) is 0 Å². The summed E-state index contributed by atoms with van der Waals surface area (Å²) in [5.41, 5.74) is -0.624. The zero-order chi connectivity index (χ0) is 8.48. The van der Waals surface area contributed by atoms with E-state index in [-0.39, 0.29) is 0 Å². The van der Waals surface area contributed by atoms with Crippen LogP contribution in [-0.2, 0) is 6.18 Å². The van der Waals surface area contributed by atoms with Crippen LogP contribution in [0.25, 0.3) is 0 Å². The Bertz CT molecular complexity index is 237. The van der Waals surface area contributed by atoms with Gasteiger partial charge in [0.15, 0.2) is 0 Å². The monoisotopic (exact) mass is 230 g/mol. The molecule has 0 spiro atoms. The van der Waals surface area contributed by atoms with Crippen molar-refractivity contribution in [1.82, 2.24) is 0 Å². The molecule has 0 saturated carbocycles. The van der Waals surface area contributed by atoms with Crippen molar-refractivity contribution in [2.45, 2.75) is 6.18 Å². The summed E-state index contributed by atoms with van der Waals surface area (Å²) in [6.07, 6.45) is -4.24. The van der Waals surface area contributed by atoms with E-state index in [1.165, 1.54) is 12.1 Å². The first-order valence-electron chi connectivity index (χ1n) is 2.83. The maximum absolute atomic E-state index is 11.9. The fraction of sp³-hybridized carbons (Fsp3) is 0.143. The van der Waals surface area contributed by atoms with E-state index in [0.717, 1.165) is 12.1 Å². The molecule has 0 aliphatic rings. The summed E-state index contributed by atoms with van der Waals surface area (Å²) in [7, 11) is 0. The van der Waals surface area contributed by atoms with Crippen molar-refractivity contribution in [3.8, 4) is 0 Å². The maximum Gasteiger partial charge on any atom is 0.416 e. The van der Waals surface area contributed by atoms with Gasteiger partial charge in [0.1, 0.15) is 0 Å². The summed E-state index contributed by atoms with van der Waals surface area (Å²) < 4.78 is 36.4. The average molecular weight is 231 g/mol. The minimum atomic E-state index is -4.24. The lowest BCUT2D eigenvalue weighted by Crippen LogP contribution is -2.03. The van der Waals surface area contributed by atoms with Gasteiger partial charge in [0.05, 0.1) is 5.56 Å². The van der Waals surface area contributed by atoms with Crippen LogP contribution in [0.2, 0.25) is 0 Å². The molecule has 0 saturated heterocycles. The maximum atomic E-state index is 11.9. The molecule has 60 valence electrons. The molecule has 0 atom stereocenters. The molecule has 0 radical (unpaired) electrons. The normalized spacial score (nSPS) is 11.6. The van der Waals surface area contributed by atoms with E-state index in [2.05, 4.69) is 15.9 Å². The van der Waals surface area contributed by atoms with Crippen LogP contribution in [0.3, 0.4) is 0 Å². The molecule has 0 aliphatic heterocycles. The van der Waals surface area contributed by atoms with Crippen LogP contribution in [0.1, 0.15) is 5.56 Å². The highest BCUT2D eigenvalue weighted by molar-refractivity contribution is 9.10. The lowest BCUT2D eigenvalue weighted by molar-refractivity contribution is -0.137. The molecule has 0 amide bonds. The predicted octanol–water partition coefficient (Wildman–Crippen LogP) is 3.47. The Morgan fingerprint density at radius 3 is 1.82 bits per heavy atom. The molecule has 0 fully saturated rings. The molecule has 0 aromatic heterocycles. The molecular formula is C7H4BrF3. The van der Waals surface area contributed by atoms with Crippen molar-refractivity contribution in [3.63, 3.8) is 0 Å². The second kappa shape index (κ2) is 2.85. The Balaban J connectivity index is 2.99. The summed E-state index contributed by atoms with van der Waals surface area (Å²) in [5, 5.41) is 0. The SMILES string of the molecule is FC(F)(F)[13c]1[13cH][13cH][13c](Br)[13cH][13cH]1. The van der Waals surface area contributed by atoms with Crippen LogP contribution in [0, 0.1) is 0 Å². The molecule has 11 heavy (non-hydrogen) atoms. The largest absolute Gasteiger partial charge is 0.416 e. The number of halogens is 4. The predicted molar refractivity (Wildman–Crippen MR) is 39.1 cm³/mol. The highest BCUT2D eigenvalue weighted by atomic mass is 79.9. The third kappa shape index (κ3) is 2.22. The van der Waals surface area contributed by atoms with Crippen LogP contribution >= 0.6 is 15.9 Å². The Morgan fingerprint density at radius 1 is 1.00 bits per heavy atom. The fourth-order valence-corrected chi connectivity index (χ4v) is 0.903. The minimum absolute atomic E-state index is 0.624. The number of hydrogen-bond acceptors (Lipinski definition) is 0. The zero-order valence-electron chi connectivity index (χ0n) is 5.32. The van der Waals surface area contributed by atoms with Gasteiger partial charge >= 0.3 is 6.18 Å². The molecule has 1 aromatic rings. The Kier molecular flexibility index (Phi) is 2.23. The van der Waals surface area contributed by atoms with Crippen molar-refractivity contribution >= 4 is 15.9 Å². The first-order valence-corrected chi connectivity index (χ1v) is 3.62. The van der Waals surface area contributed by atoms with E-state index >= 15 is 0 Å². The molecule has 0 unspecified atom stereocenters. The van der Waals surface area contributed by atoms with Gasteiger partial charge in [0.2, 0.25) is 0 Å². The summed E-state index contributed by atoms with van der Waals surface area (Å²) in [5.74, 6) is 0. The molecule has 0 aliphatic carbocycles. The van der Waals surface area contributed by atoms with Gasteiger partial charge < -0.3 is 0 Å². The van der Waals surface area contributed by atoms with Gasteiger partial charge in [-0.05, 0) is 24.3 Å². The van der Waals surface area contributed by atoms with E-state index in [1.54, 1.807) is 0 Å². The topological polar surface area (TPSA) is 0 Å². The smallest absolute Gasteiger partial charge is 0.166 e. The standard InChI is InChI=1S/C7H4BrF3/c8-6-3-1-5(2-4-6)7(9,10)11/h1-4H/i1+1,2+1,3+1,4+1,5+1,6+1. The third-order valence-corrected chi connectivity index (χ3v) is 1.70. The fourth-order valence-electron chi connectivity index (χ4n) is 0.639. The first-order chi connectivity index (χ1) is 5.00. The number of rotatable bonds is 0. The number of hydrogen-bond donors (Lipinski definition) is 0. The summed E-state index contributed by atoms with van der Waals surface area (Å²) >= 11 is 3.04. The van der Waals surface area contributed by atoms with Gasteiger partial charge in [-0.2, -0.15) is 13.2 Å². The van der Waals surface area contributed by atoms with Gasteiger partial charge in [-0.15, -0.1) is 0 Å². The third-order valence-electron chi connectivity index (χ3n) is 1.17. The Morgan fingerprint density at radius 2 is 1.45 bits per heavy atom. The van der Waals surface area contributed by atoms with Gasteiger partial charge in [-0.25, -0.2) is 0 Å². The van der Waals surface area contributed by atoms with Crippen molar-refractivity contribution in [2.75, 3.05) is 0 Å². The number of benzene rings is 1. The van der Waals surface area contributed by atoms with E-state index in [9.17, 15) is 13.2 Å². The van der Waals surface area contributed by atoms with E-state index in [0.29, 0.717) is 4.47 Å². The average Bonchev–Trinajstić information content (AvgIpc) is 1.86. The molecule has 0 N–H and O–H groups in total. The van der Waals surface area contributed by atoms with E-state index in [4.69, 9.17) is 0 Å². The van der Waals surface area contributed by atoms with Crippen LogP contribution in [0.4, 0.5) is 13.2 Å². The summed E-state index contributed by atoms with van der Waals surface area (Å²) in [4.78, 5) is 0. The minimum Gasteiger partial charge on any atom is -0.166 e. The first kappa shape index (κ1) is 8.59. The van der Waals surface area contributed by atoms with Crippen molar-refractivity contribution < 1.29 is 13.2 Å². The molecule has 0 bridgehead atoms. The molecule has 1 aromatic carbocycles. The lowest BCUT2D eigenvalue weighted by Gasteiger charge is -2.04. The molecule has 4 heteroatoms. The molecule has 0 heterocycles. The Hall–Kier alpha value is -0.510. The molecule has 0 nitrogen and oxygen atoms in total. The van der Waals surface area contributed by atoms with Gasteiger partial charge in [-0.3, -0.25) is 0 Å². The molecule has 1 rings (SSSR count). The van der Waals surface area contributed by atoms with Crippen molar-refractivity contribution in [3.05, 3.63) is 34.3 Å². The lowest BCUT2D eigenvalue weighted by atomic mass is 10.9. The second-order valence-electron chi connectivity index (χ2n) is 2.00. The van der Waals surface area contributed by atoms with E-state index < -0.39 is 11.7 Å². The van der Waals surface area contributed by atoms with Gasteiger partial charge in [0.25, 0.3) is 0 Å². The van der Waals surface area contributed by atoms with Gasteiger partial charge in [0, 0.05) is 4.47 Å². The molecular weight excluding hydrogens is 227 g/mol. The van der Waals surface area contributed by atoms with Crippen molar-refractivity contribution in [1.29, 1.82) is 0 Å². The zero-order valence-corrected chi connectivity index (χ0v) is 6.91. The van der Waals surface area contributed by atoms with Gasteiger partial charge in [-0.1, -0.05) is 15.9 Å². The summed E-state index contributed by atoms with van der Waals surface area (Å²) in [6, 6.07) is 4.79. The summed E-state index contributed by atoms with van der Waals surface area (Å²) in [6.45, 7) is 0.